The quantitative estimate of drug-likeness (QED) is 0.315. The number of hydrogen-bond acceptors (Lipinski definition) is 4. The van der Waals surface area contributed by atoms with Gasteiger partial charge in [0.2, 0.25) is 0 Å². The van der Waals surface area contributed by atoms with Crippen molar-refractivity contribution in [2.24, 2.45) is 0 Å². The second-order valence-corrected chi connectivity index (χ2v) is 8.02. The summed E-state index contributed by atoms with van der Waals surface area (Å²) in [6.45, 7) is 1.76. The topological polar surface area (TPSA) is 83.8 Å². The predicted molar refractivity (Wildman–Crippen MR) is 122 cm³/mol. The molecule has 154 valence electrons. The molecule has 3 rings (SSSR count). The number of aryl methyl sites for hydroxylation is 2. The Morgan fingerprint density at radius 1 is 0.933 bits per heavy atom. The van der Waals surface area contributed by atoms with E-state index < -0.39 is 5.97 Å². The lowest BCUT2D eigenvalue weighted by Crippen LogP contribution is -2.01. The van der Waals surface area contributed by atoms with E-state index >= 15 is 0 Å². The molecule has 0 spiro atoms. The lowest BCUT2D eigenvalue weighted by atomic mass is 10.0. The van der Waals surface area contributed by atoms with Gasteiger partial charge in [0.25, 0.3) is 0 Å². The van der Waals surface area contributed by atoms with Gasteiger partial charge in [-0.1, -0.05) is 36.4 Å². The number of carbonyl (C=O) groups excluding carboxylic acids is 1. The largest absolute Gasteiger partial charge is 0.506 e. The highest BCUT2D eigenvalue weighted by molar-refractivity contribution is 14.1. The van der Waals surface area contributed by atoms with Gasteiger partial charge in [0.05, 0.1) is 14.7 Å². The second-order valence-electron chi connectivity index (χ2n) is 6.94. The highest BCUT2D eigenvalue weighted by Crippen LogP contribution is 2.33. The lowest BCUT2D eigenvalue weighted by molar-refractivity contribution is 0.0696. The Morgan fingerprint density at radius 2 is 1.60 bits per heavy atom. The van der Waals surface area contributed by atoms with E-state index in [9.17, 15) is 14.7 Å². The molecular weight excluding hydrogens is 495 g/mol. The lowest BCUT2D eigenvalue weighted by Gasteiger charge is -2.11. The standard InChI is InChI=1S/C24H21IO5/c1-15(26)20-11-12-21(22(25)23(20)27)30-14-18-9-6-16(7-10-18)5-8-17-3-2-4-19(13-17)24(28)29/h2-4,6-7,9-13,27H,5,8,14H2,1H3,(H,28,29). The van der Waals surface area contributed by atoms with Crippen molar-refractivity contribution in [2.75, 3.05) is 0 Å². The summed E-state index contributed by atoms with van der Waals surface area (Å²) in [6.07, 6.45) is 1.57. The molecule has 0 amide bonds. The number of aromatic carboxylic acids is 1. The van der Waals surface area contributed by atoms with Gasteiger partial charge in [0.15, 0.2) is 5.78 Å². The first kappa shape index (κ1) is 21.8. The van der Waals surface area contributed by atoms with Gasteiger partial charge in [-0.05, 0) is 83.3 Å². The number of Topliss-reactive ketones (excluding diaryl/α,β-unsaturated/α-hetero) is 1. The number of benzene rings is 3. The minimum atomic E-state index is -0.917. The zero-order valence-electron chi connectivity index (χ0n) is 16.4. The third-order valence-corrected chi connectivity index (χ3v) is 5.80. The first-order chi connectivity index (χ1) is 14.3. The molecule has 0 aliphatic rings. The Hall–Kier alpha value is -2.87. The molecule has 0 unspecified atom stereocenters. The number of carboxylic acids is 1. The maximum absolute atomic E-state index is 11.5. The number of phenols is 1. The summed E-state index contributed by atoms with van der Waals surface area (Å²) in [5.74, 6) is -0.634. The van der Waals surface area contributed by atoms with Crippen LogP contribution in [0.5, 0.6) is 11.5 Å². The molecule has 3 aromatic carbocycles. The van der Waals surface area contributed by atoms with Gasteiger partial charge in [-0.15, -0.1) is 0 Å². The number of rotatable bonds is 8. The number of carbonyl (C=O) groups is 2. The number of halogens is 1. The van der Waals surface area contributed by atoms with E-state index in [0.29, 0.717) is 21.5 Å². The van der Waals surface area contributed by atoms with Crippen molar-refractivity contribution < 1.29 is 24.5 Å². The molecule has 0 radical (unpaired) electrons. The van der Waals surface area contributed by atoms with Crippen molar-refractivity contribution in [1.82, 2.24) is 0 Å². The normalized spacial score (nSPS) is 10.6. The van der Waals surface area contributed by atoms with E-state index in [-0.39, 0.29) is 17.1 Å². The third-order valence-electron chi connectivity index (χ3n) is 4.75. The van der Waals surface area contributed by atoms with E-state index in [1.807, 2.05) is 52.9 Å². The van der Waals surface area contributed by atoms with Crippen LogP contribution >= 0.6 is 22.6 Å². The van der Waals surface area contributed by atoms with Crippen molar-refractivity contribution in [3.05, 3.63) is 92.1 Å². The van der Waals surface area contributed by atoms with Gasteiger partial charge < -0.3 is 14.9 Å². The van der Waals surface area contributed by atoms with Crippen LogP contribution in [-0.2, 0) is 19.4 Å². The summed E-state index contributed by atoms with van der Waals surface area (Å²) in [4.78, 5) is 22.6. The van der Waals surface area contributed by atoms with Crippen LogP contribution in [-0.4, -0.2) is 22.0 Å². The fourth-order valence-corrected chi connectivity index (χ4v) is 3.68. The van der Waals surface area contributed by atoms with Gasteiger partial charge in [-0.3, -0.25) is 4.79 Å². The summed E-state index contributed by atoms with van der Waals surface area (Å²) in [5, 5.41) is 19.2. The van der Waals surface area contributed by atoms with E-state index in [1.54, 1.807) is 30.3 Å². The zero-order valence-corrected chi connectivity index (χ0v) is 18.5. The van der Waals surface area contributed by atoms with Gasteiger partial charge in [-0.25, -0.2) is 4.79 Å². The molecule has 0 fully saturated rings. The van der Waals surface area contributed by atoms with E-state index in [2.05, 4.69) is 0 Å². The van der Waals surface area contributed by atoms with Crippen molar-refractivity contribution in [3.63, 3.8) is 0 Å². The number of aromatic hydroxyl groups is 1. The molecule has 5 nitrogen and oxygen atoms in total. The summed E-state index contributed by atoms with van der Waals surface area (Å²) in [6, 6.07) is 18.3. The van der Waals surface area contributed by atoms with Crippen molar-refractivity contribution in [3.8, 4) is 11.5 Å². The Balaban J connectivity index is 1.59. The predicted octanol–water partition coefficient (Wildman–Crippen LogP) is 5.26. The summed E-state index contributed by atoms with van der Waals surface area (Å²) >= 11 is 1.97. The molecule has 0 atom stereocenters. The monoisotopic (exact) mass is 516 g/mol. The van der Waals surface area contributed by atoms with Crippen LogP contribution in [0.2, 0.25) is 0 Å². The summed E-state index contributed by atoms with van der Waals surface area (Å²) in [7, 11) is 0. The van der Waals surface area contributed by atoms with E-state index in [1.165, 1.54) is 6.92 Å². The first-order valence-electron chi connectivity index (χ1n) is 9.40. The molecule has 0 bridgehead atoms. The van der Waals surface area contributed by atoms with E-state index in [0.717, 1.165) is 29.5 Å². The molecule has 6 heteroatoms. The average molecular weight is 516 g/mol. The van der Waals surface area contributed by atoms with Crippen molar-refractivity contribution in [1.29, 1.82) is 0 Å². The minimum Gasteiger partial charge on any atom is -0.506 e. The van der Waals surface area contributed by atoms with Crippen LogP contribution in [0.4, 0.5) is 0 Å². The SMILES string of the molecule is CC(=O)c1ccc(OCc2ccc(CCc3cccc(C(=O)O)c3)cc2)c(I)c1O. The van der Waals surface area contributed by atoms with Crippen LogP contribution in [0.1, 0.15) is 44.3 Å². The highest BCUT2D eigenvalue weighted by atomic mass is 127. The fourth-order valence-electron chi connectivity index (χ4n) is 3.05. The second kappa shape index (κ2) is 9.75. The number of carboxylic acid groups (broad SMARTS) is 1. The molecule has 0 aliphatic heterocycles. The highest BCUT2D eigenvalue weighted by Gasteiger charge is 2.14. The first-order valence-corrected chi connectivity index (χ1v) is 10.5. The summed E-state index contributed by atoms with van der Waals surface area (Å²) in [5.41, 5.74) is 3.71. The zero-order chi connectivity index (χ0) is 21.7. The Bertz CT molecular complexity index is 1070. The van der Waals surface area contributed by atoms with Gasteiger partial charge in [0.1, 0.15) is 18.1 Å². The molecular formula is C24H21IO5. The fraction of sp³-hybridized carbons (Fsp3) is 0.167. The van der Waals surface area contributed by atoms with Crippen LogP contribution < -0.4 is 4.74 Å². The molecule has 0 saturated heterocycles. The molecule has 2 N–H and O–H groups in total. The Kier molecular flexibility index (Phi) is 7.10. The molecule has 0 heterocycles. The van der Waals surface area contributed by atoms with Gasteiger partial charge >= 0.3 is 5.97 Å². The molecule has 0 aromatic heterocycles. The third kappa shape index (κ3) is 5.38. The van der Waals surface area contributed by atoms with Crippen molar-refractivity contribution in [2.45, 2.75) is 26.4 Å². The average Bonchev–Trinajstić information content (AvgIpc) is 2.74. The molecule has 3 aromatic rings. The number of ketones is 1. The number of hydrogen-bond donors (Lipinski definition) is 2. The molecule has 30 heavy (non-hydrogen) atoms. The summed E-state index contributed by atoms with van der Waals surface area (Å²) < 4.78 is 6.32. The van der Waals surface area contributed by atoms with Crippen LogP contribution in [0.15, 0.2) is 60.7 Å². The Morgan fingerprint density at radius 3 is 2.27 bits per heavy atom. The minimum absolute atomic E-state index is 0.0529. The Labute approximate surface area is 188 Å². The molecule has 0 aliphatic carbocycles. The maximum atomic E-state index is 11.5. The van der Waals surface area contributed by atoms with Gasteiger partial charge in [-0.2, -0.15) is 0 Å². The number of ether oxygens (including phenoxy) is 1. The molecule has 0 saturated carbocycles. The van der Waals surface area contributed by atoms with E-state index in [4.69, 9.17) is 9.84 Å². The smallest absolute Gasteiger partial charge is 0.335 e. The van der Waals surface area contributed by atoms with Crippen molar-refractivity contribution >= 4 is 34.3 Å². The van der Waals surface area contributed by atoms with Gasteiger partial charge in [0, 0.05) is 0 Å². The number of phenolic OH excluding ortho intramolecular Hbond substituents is 1. The van der Waals surface area contributed by atoms with Crippen LogP contribution in [0.3, 0.4) is 0 Å². The maximum Gasteiger partial charge on any atom is 0.335 e. The van der Waals surface area contributed by atoms with Crippen LogP contribution in [0.25, 0.3) is 0 Å². The van der Waals surface area contributed by atoms with Crippen LogP contribution in [0, 0.1) is 3.57 Å².